The van der Waals surface area contributed by atoms with Crippen molar-refractivity contribution in [2.45, 2.75) is 99.8 Å². The van der Waals surface area contributed by atoms with Crippen molar-refractivity contribution in [3.8, 4) is 0 Å². The van der Waals surface area contributed by atoms with E-state index in [2.05, 4.69) is 48.5 Å². The minimum Gasteiger partial charge on any atom is -0.469 e. The number of esters is 1. The first-order chi connectivity index (χ1) is 17.0. The quantitative estimate of drug-likeness (QED) is 0.262. The normalized spacial score (nSPS) is 47.2. The number of rotatable bonds is 1. The Labute approximate surface area is 228 Å². The van der Waals surface area contributed by atoms with Crippen molar-refractivity contribution >= 4 is 29.1 Å². The minimum atomic E-state index is -0.569. The maximum Gasteiger partial charge on any atom is 0.312 e. The number of hydrogen-bond acceptors (Lipinski definition) is 4. The Morgan fingerprint density at radius 2 is 1.65 bits per heavy atom. The van der Waals surface area contributed by atoms with E-state index in [0.717, 1.165) is 44.9 Å². The summed E-state index contributed by atoms with van der Waals surface area (Å²) in [5.41, 5.74) is 1.61. The molecule has 4 fully saturated rings. The third-order valence-corrected chi connectivity index (χ3v) is 13.0. The second-order valence-electron chi connectivity index (χ2n) is 15.2. The molecule has 5 rings (SSSR count). The van der Waals surface area contributed by atoms with E-state index in [0.29, 0.717) is 12.0 Å². The molecule has 0 amide bonds. The molecule has 204 valence electrons. The lowest BCUT2D eigenvalue weighted by molar-refractivity contribution is -0.192. The summed E-state index contributed by atoms with van der Waals surface area (Å²) in [5, 5.41) is 0. The summed E-state index contributed by atoms with van der Waals surface area (Å²) < 4.78 is 5.43. The molecule has 0 saturated heterocycles. The van der Waals surface area contributed by atoms with Crippen LogP contribution < -0.4 is 0 Å². The van der Waals surface area contributed by atoms with E-state index in [1.165, 1.54) is 18.2 Å². The molecule has 37 heavy (non-hydrogen) atoms. The zero-order chi connectivity index (χ0) is 27.4. The van der Waals surface area contributed by atoms with Crippen LogP contribution in [-0.2, 0) is 19.1 Å². The van der Waals surface area contributed by atoms with Gasteiger partial charge in [-0.2, -0.15) is 0 Å². The van der Waals surface area contributed by atoms with Gasteiger partial charge < -0.3 is 4.74 Å². The van der Waals surface area contributed by atoms with Gasteiger partial charge >= 0.3 is 5.97 Å². The van der Waals surface area contributed by atoms with Gasteiger partial charge in [0, 0.05) is 22.4 Å². The number of fused-ring (bicyclic) bond motifs is 7. The zero-order valence-electron chi connectivity index (χ0n) is 24.1. The number of ether oxygens (including phenoxy) is 1. The molecule has 0 unspecified atom stereocenters. The molecule has 0 N–H and O–H groups in total. The summed E-state index contributed by atoms with van der Waals surface area (Å²) in [5.74, 6) is 0.145. The average molecular weight is 529 g/mol. The van der Waals surface area contributed by atoms with Gasteiger partial charge in [0.1, 0.15) is 0 Å². The van der Waals surface area contributed by atoms with Gasteiger partial charge in [-0.1, -0.05) is 65.6 Å². The van der Waals surface area contributed by atoms with Crippen LogP contribution in [0.1, 0.15) is 99.8 Å². The van der Waals surface area contributed by atoms with Gasteiger partial charge in [-0.25, -0.2) is 0 Å². The first-order valence-corrected chi connectivity index (χ1v) is 14.7. The molecule has 0 aromatic rings. The van der Waals surface area contributed by atoms with Gasteiger partial charge in [-0.15, -0.1) is 0 Å². The molecule has 5 aliphatic rings. The standard InChI is InChI=1S/C32H45ClO4/c1-27(2)11-13-32(26(36)37-8)14-12-31(7)24(20(32)17-27)21(34)15-23-29(5)16-19(18-33)25(35)28(3,4)22(29)9-10-30(23,31)6/h15,18,20,22,24H,9-14,16-17H2,1-8H3/t20-,22-,24-,29-,30+,31+,32-/m0/s1. The first kappa shape index (κ1) is 27.2. The zero-order valence-corrected chi connectivity index (χ0v) is 24.8. The van der Waals surface area contributed by atoms with E-state index in [4.69, 9.17) is 16.3 Å². The Bertz CT molecular complexity index is 1130. The molecule has 0 heterocycles. The number of hydrogen-bond donors (Lipinski definition) is 0. The predicted molar refractivity (Wildman–Crippen MR) is 146 cm³/mol. The van der Waals surface area contributed by atoms with E-state index in [1.54, 1.807) is 0 Å². The van der Waals surface area contributed by atoms with Crippen molar-refractivity contribution in [3.05, 3.63) is 22.8 Å². The van der Waals surface area contributed by atoms with Crippen LogP contribution >= 0.6 is 11.6 Å². The van der Waals surface area contributed by atoms with E-state index in [1.807, 2.05) is 6.08 Å². The number of allylic oxidation sites excluding steroid dienone is 3. The molecule has 0 aromatic carbocycles. The van der Waals surface area contributed by atoms with Crippen molar-refractivity contribution in [1.29, 1.82) is 0 Å². The van der Waals surface area contributed by atoms with Crippen LogP contribution in [0, 0.1) is 50.2 Å². The monoisotopic (exact) mass is 528 g/mol. The highest BCUT2D eigenvalue weighted by Crippen LogP contribution is 2.75. The van der Waals surface area contributed by atoms with Crippen LogP contribution in [0.5, 0.6) is 0 Å². The van der Waals surface area contributed by atoms with Crippen molar-refractivity contribution < 1.29 is 19.1 Å². The molecule has 0 bridgehead atoms. The van der Waals surface area contributed by atoms with Crippen LogP contribution in [0.15, 0.2) is 22.8 Å². The fraction of sp³-hybridized carbons (Fsp3) is 0.781. The topological polar surface area (TPSA) is 60.4 Å². The minimum absolute atomic E-state index is 0.0159. The van der Waals surface area contributed by atoms with Crippen molar-refractivity contribution in [2.75, 3.05) is 7.11 Å². The number of carbonyl (C=O) groups excluding carboxylic acids is 3. The maximum absolute atomic E-state index is 14.4. The van der Waals surface area contributed by atoms with Crippen LogP contribution in [-0.4, -0.2) is 24.6 Å². The average Bonchev–Trinajstić information content (AvgIpc) is 2.82. The van der Waals surface area contributed by atoms with Crippen LogP contribution in [0.2, 0.25) is 0 Å². The smallest absolute Gasteiger partial charge is 0.312 e. The number of Topliss-reactive ketones (excluding diaryl/α,β-unsaturated/α-hetero) is 1. The van der Waals surface area contributed by atoms with Crippen LogP contribution in [0.4, 0.5) is 0 Å². The largest absolute Gasteiger partial charge is 0.469 e. The van der Waals surface area contributed by atoms with E-state index < -0.39 is 10.8 Å². The maximum atomic E-state index is 14.4. The number of carbonyl (C=O) groups is 3. The van der Waals surface area contributed by atoms with Gasteiger partial charge in [-0.3, -0.25) is 14.4 Å². The summed E-state index contributed by atoms with van der Waals surface area (Å²) in [7, 11) is 1.50. The Balaban J connectivity index is 1.68. The lowest BCUT2D eigenvalue weighted by Crippen LogP contribution is -2.66. The van der Waals surface area contributed by atoms with Gasteiger partial charge in [0.25, 0.3) is 0 Å². The fourth-order valence-electron chi connectivity index (χ4n) is 10.5. The second kappa shape index (κ2) is 8.05. The summed E-state index contributed by atoms with van der Waals surface area (Å²) >= 11 is 6.22. The Morgan fingerprint density at radius 3 is 2.27 bits per heavy atom. The Hall–Kier alpha value is -1.42. The lowest BCUT2D eigenvalue weighted by Gasteiger charge is -2.69. The summed E-state index contributed by atoms with van der Waals surface area (Å²) in [6.07, 6.45) is 8.73. The third-order valence-electron chi connectivity index (χ3n) is 12.7. The Morgan fingerprint density at radius 1 is 1.00 bits per heavy atom. The molecule has 5 aliphatic carbocycles. The van der Waals surface area contributed by atoms with Gasteiger partial charge in [0.2, 0.25) is 0 Å². The third kappa shape index (κ3) is 3.29. The molecule has 0 spiro atoms. The molecule has 4 saturated carbocycles. The van der Waals surface area contributed by atoms with Crippen LogP contribution in [0.25, 0.3) is 0 Å². The van der Waals surface area contributed by atoms with Crippen molar-refractivity contribution in [1.82, 2.24) is 0 Å². The summed E-state index contributed by atoms with van der Waals surface area (Å²) in [6, 6.07) is 0. The molecule has 0 aliphatic heterocycles. The molecule has 7 atom stereocenters. The molecular formula is C32H45ClO4. The van der Waals surface area contributed by atoms with E-state index in [-0.39, 0.29) is 56.9 Å². The van der Waals surface area contributed by atoms with Gasteiger partial charge in [0.05, 0.1) is 12.5 Å². The van der Waals surface area contributed by atoms with E-state index >= 15 is 0 Å². The van der Waals surface area contributed by atoms with Crippen molar-refractivity contribution in [3.63, 3.8) is 0 Å². The van der Waals surface area contributed by atoms with Crippen LogP contribution in [0.3, 0.4) is 0 Å². The summed E-state index contributed by atoms with van der Waals surface area (Å²) in [6.45, 7) is 15.7. The Kier molecular flexibility index (Phi) is 5.91. The molecule has 5 heteroatoms. The number of halogens is 1. The highest BCUT2D eigenvalue weighted by Gasteiger charge is 2.71. The van der Waals surface area contributed by atoms with Gasteiger partial charge in [-0.05, 0) is 90.9 Å². The molecule has 4 nitrogen and oxygen atoms in total. The second-order valence-corrected chi connectivity index (χ2v) is 15.4. The summed E-state index contributed by atoms with van der Waals surface area (Å²) in [4.78, 5) is 41.1. The first-order valence-electron chi connectivity index (χ1n) is 14.2. The number of ketones is 2. The lowest BCUT2D eigenvalue weighted by atomic mass is 9.33. The van der Waals surface area contributed by atoms with Crippen molar-refractivity contribution in [2.24, 2.45) is 50.2 Å². The molecular weight excluding hydrogens is 484 g/mol. The fourth-order valence-corrected chi connectivity index (χ4v) is 10.7. The highest BCUT2D eigenvalue weighted by atomic mass is 35.5. The predicted octanol–water partition coefficient (Wildman–Crippen LogP) is 7.44. The highest BCUT2D eigenvalue weighted by molar-refractivity contribution is 6.28. The molecule has 0 aromatic heterocycles. The van der Waals surface area contributed by atoms with Gasteiger partial charge in [0.15, 0.2) is 11.6 Å². The van der Waals surface area contributed by atoms with E-state index in [9.17, 15) is 14.4 Å². The number of methoxy groups -OCH3 is 1. The molecule has 0 radical (unpaired) electrons. The SMILES string of the molecule is COC(=O)[C@]12CCC(C)(C)C[C@H]1[C@H]1C(=O)C=C3[C@@]4(C)CC(=CCl)C(=O)C(C)(C)[C@@H]4CC[C@@]3(C)[C@]1(C)CC2.